The van der Waals surface area contributed by atoms with Crippen molar-refractivity contribution in [2.24, 2.45) is 5.92 Å². The van der Waals surface area contributed by atoms with Gasteiger partial charge in [-0.15, -0.1) is 0 Å². The van der Waals surface area contributed by atoms with Gasteiger partial charge in [0.15, 0.2) is 5.92 Å². The fourth-order valence-corrected chi connectivity index (χ4v) is 0.973. The van der Waals surface area contributed by atoms with Crippen LogP contribution in [0.25, 0.3) is 0 Å². The molecule has 0 amide bonds. The first kappa shape index (κ1) is 10.6. The maximum atomic E-state index is 12.1. The molecule has 0 saturated carbocycles. The second-order valence-electron chi connectivity index (χ2n) is 2.72. The summed E-state index contributed by atoms with van der Waals surface area (Å²) in [6.45, 7) is 0. The van der Waals surface area contributed by atoms with Gasteiger partial charge in [-0.05, 0) is 12.1 Å². The number of halogens is 3. The monoisotopic (exact) mass is 208 g/mol. The normalized spacial score (nSPS) is 13.9. The molecule has 1 aromatic heterocycles. The van der Waals surface area contributed by atoms with Crippen LogP contribution in [0.3, 0.4) is 0 Å². The molecule has 6 heteroatoms. The third-order valence-corrected chi connectivity index (χ3v) is 1.68. The van der Waals surface area contributed by atoms with E-state index in [1.54, 1.807) is 0 Å². The molecule has 0 radical (unpaired) electrons. The van der Waals surface area contributed by atoms with Crippen LogP contribution < -0.4 is 0 Å². The number of rotatable bonds is 3. The van der Waals surface area contributed by atoms with Crippen LogP contribution in [0.4, 0.5) is 13.2 Å². The number of hydrogen-bond acceptors (Lipinski definition) is 2. The maximum absolute atomic E-state index is 12.1. The van der Waals surface area contributed by atoms with Crippen molar-refractivity contribution in [2.45, 2.75) is 12.6 Å². The number of carboxylic acids is 1. The molecule has 1 atom stereocenters. The Hall–Kier alpha value is -1.46. The lowest BCUT2D eigenvalue weighted by Gasteiger charge is -2.14. The van der Waals surface area contributed by atoms with Crippen LogP contribution in [0.15, 0.2) is 22.8 Å². The Kier molecular flexibility index (Phi) is 2.83. The van der Waals surface area contributed by atoms with E-state index in [9.17, 15) is 18.0 Å². The van der Waals surface area contributed by atoms with Crippen molar-refractivity contribution in [1.82, 2.24) is 0 Å². The summed E-state index contributed by atoms with van der Waals surface area (Å²) in [5.74, 6) is -4.29. The van der Waals surface area contributed by atoms with Gasteiger partial charge in [-0.2, -0.15) is 13.2 Å². The number of carboxylic acid groups (broad SMARTS) is 1. The molecule has 1 heterocycles. The van der Waals surface area contributed by atoms with Crippen LogP contribution in [0, 0.1) is 5.92 Å². The van der Waals surface area contributed by atoms with Gasteiger partial charge in [0.25, 0.3) is 0 Å². The summed E-state index contributed by atoms with van der Waals surface area (Å²) in [6.07, 6.45) is -4.23. The van der Waals surface area contributed by atoms with E-state index in [0.29, 0.717) is 0 Å². The first-order valence-electron chi connectivity index (χ1n) is 3.73. The van der Waals surface area contributed by atoms with Crippen molar-refractivity contribution in [3.8, 4) is 0 Å². The number of furan rings is 1. The number of hydrogen-bond donors (Lipinski definition) is 1. The molecule has 1 aromatic rings. The molecule has 0 saturated heterocycles. The number of carbonyl (C=O) groups is 1. The van der Waals surface area contributed by atoms with Gasteiger partial charge in [-0.1, -0.05) is 0 Å². The molecule has 0 aromatic carbocycles. The van der Waals surface area contributed by atoms with E-state index < -0.39 is 24.5 Å². The van der Waals surface area contributed by atoms with Gasteiger partial charge in [0, 0.05) is 6.42 Å². The van der Waals surface area contributed by atoms with E-state index in [-0.39, 0.29) is 5.76 Å². The molecule has 3 nitrogen and oxygen atoms in total. The van der Waals surface area contributed by atoms with Crippen molar-refractivity contribution < 1.29 is 27.5 Å². The minimum atomic E-state index is -4.75. The first-order valence-corrected chi connectivity index (χ1v) is 3.73. The highest BCUT2D eigenvalue weighted by Crippen LogP contribution is 2.29. The molecule has 0 bridgehead atoms. The van der Waals surface area contributed by atoms with Crippen LogP contribution >= 0.6 is 0 Å². The lowest BCUT2D eigenvalue weighted by Crippen LogP contribution is -2.32. The third kappa shape index (κ3) is 2.51. The maximum Gasteiger partial charge on any atom is 0.402 e. The summed E-state index contributed by atoms with van der Waals surface area (Å²) in [7, 11) is 0. The van der Waals surface area contributed by atoms with Crippen molar-refractivity contribution in [3.05, 3.63) is 24.2 Å². The highest BCUT2D eigenvalue weighted by atomic mass is 19.4. The molecule has 0 aliphatic rings. The zero-order valence-electron chi connectivity index (χ0n) is 6.91. The van der Waals surface area contributed by atoms with Crippen LogP contribution in [-0.4, -0.2) is 17.3 Å². The van der Waals surface area contributed by atoms with E-state index in [1.807, 2.05) is 0 Å². The Bertz CT molecular complexity index is 302. The van der Waals surface area contributed by atoms with Gasteiger partial charge in [0.05, 0.1) is 6.26 Å². The van der Waals surface area contributed by atoms with Crippen molar-refractivity contribution >= 4 is 5.97 Å². The average Bonchev–Trinajstić information content (AvgIpc) is 2.48. The van der Waals surface area contributed by atoms with Crippen LogP contribution in [0.1, 0.15) is 5.76 Å². The SMILES string of the molecule is O=C(O)C(Cc1ccco1)C(F)(F)F. The fraction of sp³-hybridized carbons (Fsp3) is 0.375. The lowest BCUT2D eigenvalue weighted by molar-refractivity contribution is -0.193. The zero-order chi connectivity index (χ0) is 10.8. The molecule has 1 rings (SSSR count). The minimum absolute atomic E-state index is 0.00900. The summed E-state index contributed by atoms with van der Waals surface area (Å²) in [4.78, 5) is 10.3. The Labute approximate surface area is 77.1 Å². The number of aliphatic carboxylic acids is 1. The molecule has 0 fully saturated rings. The fourth-order valence-electron chi connectivity index (χ4n) is 0.973. The highest BCUT2D eigenvalue weighted by Gasteiger charge is 2.45. The quantitative estimate of drug-likeness (QED) is 0.827. The summed E-state index contributed by atoms with van der Waals surface area (Å²) in [5.41, 5.74) is 0. The van der Waals surface area contributed by atoms with E-state index in [4.69, 9.17) is 5.11 Å². The molecule has 1 N–H and O–H groups in total. The molecule has 0 aliphatic heterocycles. The van der Waals surface area contributed by atoms with Crippen molar-refractivity contribution in [3.63, 3.8) is 0 Å². The number of alkyl halides is 3. The Balaban J connectivity index is 2.76. The summed E-state index contributed by atoms with van der Waals surface area (Å²) in [6, 6.07) is 2.71. The van der Waals surface area contributed by atoms with E-state index in [0.717, 1.165) is 0 Å². The molecule has 14 heavy (non-hydrogen) atoms. The molecule has 0 spiro atoms. The van der Waals surface area contributed by atoms with Crippen molar-refractivity contribution in [1.29, 1.82) is 0 Å². The van der Waals surface area contributed by atoms with E-state index in [1.165, 1.54) is 18.4 Å². The van der Waals surface area contributed by atoms with Crippen LogP contribution in [0.2, 0.25) is 0 Å². The molecular formula is C8H7F3O3. The van der Waals surface area contributed by atoms with E-state index in [2.05, 4.69) is 4.42 Å². The second kappa shape index (κ2) is 3.73. The summed E-state index contributed by atoms with van der Waals surface area (Å²) in [5, 5.41) is 8.35. The largest absolute Gasteiger partial charge is 0.481 e. The van der Waals surface area contributed by atoms with E-state index >= 15 is 0 Å². The lowest BCUT2D eigenvalue weighted by atomic mass is 10.0. The van der Waals surface area contributed by atoms with Gasteiger partial charge in [0.2, 0.25) is 0 Å². The predicted molar refractivity (Wildman–Crippen MR) is 39.6 cm³/mol. The van der Waals surface area contributed by atoms with Crippen molar-refractivity contribution in [2.75, 3.05) is 0 Å². The molecule has 0 aliphatic carbocycles. The van der Waals surface area contributed by atoms with Gasteiger partial charge in [-0.3, -0.25) is 4.79 Å². The van der Waals surface area contributed by atoms with Crippen LogP contribution in [0.5, 0.6) is 0 Å². The zero-order valence-corrected chi connectivity index (χ0v) is 6.91. The smallest absolute Gasteiger partial charge is 0.402 e. The first-order chi connectivity index (χ1) is 6.41. The summed E-state index contributed by atoms with van der Waals surface area (Å²) >= 11 is 0. The molecule has 78 valence electrons. The van der Waals surface area contributed by atoms with Gasteiger partial charge < -0.3 is 9.52 Å². The van der Waals surface area contributed by atoms with Gasteiger partial charge in [0.1, 0.15) is 5.76 Å². The Morgan fingerprint density at radius 3 is 2.57 bits per heavy atom. The molecule has 1 unspecified atom stereocenters. The molecular weight excluding hydrogens is 201 g/mol. The third-order valence-electron chi connectivity index (χ3n) is 1.68. The van der Waals surface area contributed by atoms with Crippen LogP contribution in [-0.2, 0) is 11.2 Å². The standard InChI is InChI=1S/C8H7F3O3/c9-8(10,11)6(7(12)13)4-5-2-1-3-14-5/h1-3,6H,4H2,(H,12,13). The summed E-state index contributed by atoms with van der Waals surface area (Å²) < 4.78 is 41.1. The Morgan fingerprint density at radius 2 is 2.21 bits per heavy atom. The second-order valence-corrected chi connectivity index (χ2v) is 2.72. The Morgan fingerprint density at radius 1 is 1.57 bits per heavy atom. The topological polar surface area (TPSA) is 50.4 Å². The highest BCUT2D eigenvalue weighted by molar-refractivity contribution is 5.71. The predicted octanol–water partition coefficient (Wildman–Crippen LogP) is 2.09. The minimum Gasteiger partial charge on any atom is -0.481 e. The average molecular weight is 208 g/mol. The van der Waals surface area contributed by atoms with Gasteiger partial charge >= 0.3 is 12.1 Å². The van der Waals surface area contributed by atoms with Gasteiger partial charge in [-0.25, -0.2) is 0 Å².